The molecule has 21 heavy (non-hydrogen) atoms. The average molecular weight is 288 g/mol. The van der Waals surface area contributed by atoms with Crippen molar-refractivity contribution in [1.29, 1.82) is 0 Å². The number of nitrogens with zero attached hydrogens (tertiary/aromatic N) is 1. The largest absolute Gasteiger partial charge is 0.420 e. The lowest BCUT2D eigenvalue weighted by Crippen LogP contribution is -2.30. The molecule has 5 nitrogen and oxygen atoms in total. The number of benzene rings is 1. The van der Waals surface area contributed by atoms with Gasteiger partial charge in [0, 0.05) is 19.5 Å². The third-order valence-electron chi connectivity index (χ3n) is 4.18. The zero-order valence-corrected chi connectivity index (χ0v) is 12.0. The lowest BCUT2D eigenvalue weighted by molar-refractivity contribution is -0.122. The number of amides is 1. The summed E-state index contributed by atoms with van der Waals surface area (Å²) in [5.74, 6) is 0.256. The number of para-hydroxylation sites is 2. The van der Waals surface area contributed by atoms with Crippen LogP contribution in [0.4, 0.5) is 0 Å². The number of carbonyl (C=O) groups excluding carboxylic acids is 1. The topological polar surface area (TPSA) is 64.2 Å². The van der Waals surface area contributed by atoms with E-state index in [1.165, 1.54) is 25.7 Å². The molecule has 1 saturated carbocycles. The Hall–Kier alpha value is -2.04. The van der Waals surface area contributed by atoms with Crippen LogP contribution in [0.2, 0.25) is 0 Å². The predicted octanol–water partition coefficient (Wildman–Crippen LogP) is 2.29. The molecule has 0 bridgehead atoms. The van der Waals surface area contributed by atoms with Crippen LogP contribution in [-0.2, 0) is 11.3 Å². The maximum Gasteiger partial charge on any atom is 0.420 e. The molecule has 1 fully saturated rings. The third-order valence-corrected chi connectivity index (χ3v) is 4.18. The Morgan fingerprint density at radius 2 is 2.05 bits per heavy atom. The summed E-state index contributed by atoms with van der Waals surface area (Å²) in [4.78, 5) is 23.6. The second-order valence-electron chi connectivity index (χ2n) is 5.69. The number of nitrogens with one attached hydrogen (secondary N) is 1. The Morgan fingerprint density at radius 1 is 1.29 bits per heavy atom. The molecule has 0 aliphatic heterocycles. The Labute approximate surface area is 122 Å². The Bertz CT molecular complexity index is 680. The summed E-state index contributed by atoms with van der Waals surface area (Å²) in [6.07, 6.45) is 5.43. The maximum absolute atomic E-state index is 11.9. The van der Waals surface area contributed by atoms with E-state index in [9.17, 15) is 9.59 Å². The van der Waals surface area contributed by atoms with Crippen LogP contribution in [0.5, 0.6) is 0 Å². The molecule has 0 unspecified atom stereocenters. The number of aromatic nitrogens is 1. The zero-order valence-electron chi connectivity index (χ0n) is 12.0. The van der Waals surface area contributed by atoms with Crippen molar-refractivity contribution in [3.63, 3.8) is 0 Å². The smallest absolute Gasteiger partial charge is 0.408 e. The van der Waals surface area contributed by atoms with Gasteiger partial charge >= 0.3 is 5.76 Å². The maximum atomic E-state index is 11.9. The minimum Gasteiger partial charge on any atom is -0.408 e. The Kier molecular flexibility index (Phi) is 4.08. The number of hydrogen-bond donors (Lipinski definition) is 1. The standard InChI is InChI=1S/C16H20N2O3/c19-15(11-12-5-1-2-6-12)17-9-10-18-13-7-3-4-8-14(13)21-16(18)20/h3-4,7-8,12H,1-2,5-6,9-11H2,(H,17,19). The van der Waals surface area contributed by atoms with Crippen LogP contribution >= 0.6 is 0 Å². The van der Waals surface area contributed by atoms with Crippen molar-refractivity contribution in [2.24, 2.45) is 5.92 Å². The highest BCUT2D eigenvalue weighted by atomic mass is 16.4. The van der Waals surface area contributed by atoms with Gasteiger partial charge in [-0.05, 0) is 30.9 Å². The van der Waals surface area contributed by atoms with E-state index in [1.54, 1.807) is 10.6 Å². The highest BCUT2D eigenvalue weighted by Gasteiger charge is 2.18. The van der Waals surface area contributed by atoms with E-state index >= 15 is 0 Å². The summed E-state index contributed by atoms with van der Waals surface area (Å²) >= 11 is 0. The fraction of sp³-hybridized carbons (Fsp3) is 0.500. The first kappa shape index (κ1) is 13.9. The van der Waals surface area contributed by atoms with Crippen molar-refractivity contribution in [1.82, 2.24) is 9.88 Å². The van der Waals surface area contributed by atoms with E-state index < -0.39 is 0 Å². The van der Waals surface area contributed by atoms with Crippen molar-refractivity contribution in [2.75, 3.05) is 6.54 Å². The number of hydrogen-bond acceptors (Lipinski definition) is 3. The zero-order chi connectivity index (χ0) is 14.7. The van der Waals surface area contributed by atoms with Gasteiger partial charge in [-0.1, -0.05) is 25.0 Å². The van der Waals surface area contributed by atoms with E-state index in [0.29, 0.717) is 31.0 Å². The molecule has 0 saturated heterocycles. The molecule has 2 aromatic rings. The molecule has 1 heterocycles. The molecule has 112 valence electrons. The average Bonchev–Trinajstić information content (AvgIpc) is 3.07. The molecule has 0 spiro atoms. The normalized spacial score (nSPS) is 15.6. The van der Waals surface area contributed by atoms with Crippen LogP contribution in [0.1, 0.15) is 32.1 Å². The van der Waals surface area contributed by atoms with Crippen molar-refractivity contribution in [3.8, 4) is 0 Å². The van der Waals surface area contributed by atoms with Crippen LogP contribution in [-0.4, -0.2) is 17.0 Å². The van der Waals surface area contributed by atoms with Gasteiger partial charge < -0.3 is 9.73 Å². The molecule has 1 N–H and O–H groups in total. The van der Waals surface area contributed by atoms with Gasteiger partial charge in [0.2, 0.25) is 5.91 Å². The van der Waals surface area contributed by atoms with Crippen molar-refractivity contribution in [3.05, 3.63) is 34.8 Å². The minimum atomic E-state index is -0.374. The Balaban J connectivity index is 1.55. The van der Waals surface area contributed by atoms with Crippen molar-refractivity contribution >= 4 is 17.0 Å². The summed E-state index contributed by atoms with van der Waals surface area (Å²) in [6.45, 7) is 0.890. The van der Waals surface area contributed by atoms with Gasteiger partial charge in [-0.15, -0.1) is 0 Å². The number of oxazole rings is 1. The summed E-state index contributed by atoms with van der Waals surface area (Å²) in [5, 5.41) is 2.90. The summed E-state index contributed by atoms with van der Waals surface area (Å²) in [5.41, 5.74) is 1.35. The van der Waals surface area contributed by atoms with E-state index in [1.807, 2.05) is 18.2 Å². The molecule has 1 aliphatic rings. The first-order chi connectivity index (χ1) is 10.2. The van der Waals surface area contributed by atoms with E-state index in [-0.39, 0.29) is 11.7 Å². The lowest BCUT2D eigenvalue weighted by atomic mass is 10.0. The van der Waals surface area contributed by atoms with Crippen LogP contribution in [0.3, 0.4) is 0 Å². The molecule has 3 rings (SSSR count). The number of carbonyl (C=O) groups is 1. The lowest BCUT2D eigenvalue weighted by Gasteiger charge is -2.09. The summed E-state index contributed by atoms with van der Waals surface area (Å²) < 4.78 is 6.72. The molecule has 1 aromatic carbocycles. The third kappa shape index (κ3) is 3.17. The van der Waals surface area contributed by atoms with Gasteiger partial charge in [-0.25, -0.2) is 4.79 Å². The van der Waals surface area contributed by atoms with Crippen molar-refractivity contribution in [2.45, 2.75) is 38.6 Å². The van der Waals surface area contributed by atoms with E-state index in [4.69, 9.17) is 4.42 Å². The van der Waals surface area contributed by atoms with Gasteiger partial charge in [-0.2, -0.15) is 0 Å². The molecule has 0 atom stereocenters. The van der Waals surface area contributed by atoms with Gasteiger partial charge in [0.1, 0.15) is 0 Å². The van der Waals surface area contributed by atoms with Crippen LogP contribution < -0.4 is 11.1 Å². The highest BCUT2D eigenvalue weighted by molar-refractivity contribution is 5.76. The second kappa shape index (κ2) is 6.16. The molecular formula is C16H20N2O3. The van der Waals surface area contributed by atoms with E-state index in [2.05, 4.69) is 5.32 Å². The fourth-order valence-corrected chi connectivity index (χ4v) is 3.08. The van der Waals surface area contributed by atoms with Crippen LogP contribution in [0.15, 0.2) is 33.5 Å². The van der Waals surface area contributed by atoms with Crippen LogP contribution in [0.25, 0.3) is 11.1 Å². The molecule has 1 aliphatic carbocycles. The summed E-state index contributed by atoms with van der Waals surface area (Å²) in [6, 6.07) is 7.32. The monoisotopic (exact) mass is 288 g/mol. The second-order valence-corrected chi connectivity index (χ2v) is 5.69. The van der Waals surface area contributed by atoms with Gasteiger partial charge in [0.15, 0.2) is 5.58 Å². The predicted molar refractivity (Wildman–Crippen MR) is 80.1 cm³/mol. The van der Waals surface area contributed by atoms with E-state index in [0.717, 1.165) is 5.52 Å². The first-order valence-electron chi connectivity index (χ1n) is 7.59. The number of rotatable bonds is 5. The SMILES string of the molecule is O=C(CC1CCCC1)NCCn1c(=O)oc2ccccc21. The summed E-state index contributed by atoms with van der Waals surface area (Å²) in [7, 11) is 0. The first-order valence-corrected chi connectivity index (χ1v) is 7.59. The molecule has 5 heteroatoms. The minimum absolute atomic E-state index is 0.0859. The van der Waals surface area contributed by atoms with Gasteiger partial charge in [0.25, 0.3) is 0 Å². The highest BCUT2D eigenvalue weighted by Crippen LogP contribution is 2.27. The molecular weight excluding hydrogens is 268 g/mol. The molecule has 1 aromatic heterocycles. The van der Waals surface area contributed by atoms with Gasteiger partial charge in [0.05, 0.1) is 5.52 Å². The van der Waals surface area contributed by atoms with Gasteiger partial charge in [-0.3, -0.25) is 9.36 Å². The molecule has 1 amide bonds. The fourth-order valence-electron chi connectivity index (χ4n) is 3.08. The Morgan fingerprint density at radius 3 is 2.86 bits per heavy atom. The number of fused-ring (bicyclic) bond motifs is 1. The van der Waals surface area contributed by atoms with Crippen LogP contribution in [0, 0.1) is 5.92 Å². The quantitative estimate of drug-likeness (QED) is 0.918. The van der Waals surface area contributed by atoms with Crippen molar-refractivity contribution < 1.29 is 9.21 Å². The molecule has 0 radical (unpaired) electrons.